The van der Waals surface area contributed by atoms with E-state index in [1.807, 2.05) is 0 Å². The largest absolute Gasteiger partial charge is 0.507 e. The third kappa shape index (κ3) is 3.05. The number of benzene rings is 1. The summed E-state index contributed by atoms with van der Waals surface area (Å²) in [6.07, 6.45) is 4.64. The molecule has 0 saturated carbocycles. The van der Waals surface area contributed by atoms with Crippen molar-refractivity contribution < 1.29 is 19.3 Å². The van der Waals surface area contributed by atoms with E-state index in [-0.39, 0.29) is 17.3 Å². The third-order valence-corrected chi connectivity index (χ3v) is 4.11. The Morgan fingerprint density at radius 2 is 2.21 bits per heavy atom. The molecule has 2 aromatic rings. The highest BCUT2D eigenvalue weighted by Crippen LogP contribution is 2.32. The lowest BCUT2D eigenvalue weighted by Crippen LogP contribution is -2.35. The van der Waals surface area contributed by atoms with Crippen molar-refractivity contribution in [2.45, 2.75) is 31.7 Å². The number of carbonyl (C=O) groups is 1. The number of carbonyl (C=O) groups excluding carboxylic acids is 1. The van der Waals surface area contributed by atoms with Gasteiger partial charge in [0.25, 0.3) is 11.6 Å². The molecule has 0 radical (unpaired) electrons. The molecule has 1 atom stereocenters. The predicted molar refractivity (Wildman–Crippen MR) is 81.3 cm³/mol. The van der Waals surface area contributed by atoms with E-state index in [1.165, 1.54) is 18.5 Å². The van der Waals surface area contributed by atoms with Crippen molar-refractivity contribution in [2.24, 2.45) is 0 Å². The quantitative estimate of drug-likeness (QED) is 0.676. The highest BCUT2D eigenvalue weighted by Gasteiger charge is 2.31. The SMILES string of the molecule is O=C(c1ccc([N+](=O)[O-])cc1O)N1CCCCC[C@H]1c1ncon1. The van der Waals surface area contributed by atoms with E-state index in [4.69, 9.17) is 4.52 Å². The molecule has 9 heteroatoms. The van der Waals surface area contributed by atoms with Crippen molar-refractivity contribution in [3.63, 3.8) is 0 Å². The minimum Gasteiger partial charge on any atom is -0.507 e. The Bertz CT molecular complexity index is 746. The number of hydrogen-bond acceptors (Lipinski definition) is 7. The van der Waals surface area contributed by atoms with E-state index in [2.05, 4.69) is 10.1 Å². The van der Waals surface area contributed by atoms with Gasteiger partial charge in [0.05, 0.1) is 22.6 Å². The summed E-state index contributed by atoms with van der Waals surface area (Å²) in [6.45, 7) is 0.495. The molecule has 24 heavy (non-hydrogen) atoms. The first-order chi connectivity index (χ1) is 11.6. The van der Waals surface area contributed by atoms with Crippen LogP contribution < -0.4 is 0 Å². The van der Waals surface area contributed by atoms with Crippen molar-refractivity contribution >= 4 is 11.6 Å². The summed E-state index contributed by atoms with van der Waals surface area (Å²) in [5.74, 6) is -0.393. The Morgan fingerprint density at radius 1 is 1.38 bits per heavy atom. The van der Waals surface area contributed by atoms with Crippen LogP contribution in [0.1, 0.15) is 47.9 Å². The van der Waals surface area contributed by atoms with Crippen LogP contribution in [0, 0.1) is 10.1 Å². The Morgan fingerprint density at radius 3 is 2.88 bits per heavy atom. The fraction of sp³-hybridized carbons (Fsp3) is 0.400. The van der Waals surface area contributed by atoms with Crippen LogP contribution in [-0.2, 0) is 0 Å². The fourth-order valence-electron chi connectivity index (χ4n) is 2.91. The summed E-state index contributed by atoms with van der Waals surface area (Å²) in [5, 5.41) is 24.6. The molecule has 0 spiro atoms. The van der Waals surface area contributed by atoms with Crippen molar-refractivity contribution in [1.29, 1.82) is 0 Å². The van der Waals surface area contributed by atoms with Crippen LogP contribution in [0.25, 0.3) is 0 Å². The van der Waals surface area contributed by atoms with Crippen LogP contribution in [-0.4, -0.2) is 37.5 Å². The molecule has 1 fully saturated rings. The second-order valence-electron chi connectivity index (χ2n) is 5.61. The fourth-order valence-corrected chi connectivity index (χ4v) is 2.91. The molecule has 1 saturated heterocycles. The summed E-state index contributed by atoms with van der Waals surface area (Å²) in [4.78, 5) is 28.6. The minimum absolute atomic E-state index is 0.0241. The third-order valence-electron chi connectivity index (χ3n) is 4.11. The predicted octanol–water partition coefficient (Wildman–Crippen LogP) is 2.44. The first-order valence-electron chi connectivity index (χ1n) is 7.62. The summed E-state index contributed by atoms with van der Waals surface area (Å²) >= 11 is 0. The zero-order valence-electron chi connectivity index (χ0n) is 12.8. The number of aromatic nitrogens is 2. The van der Waals surface area contributed by atoms with Crippen LogP contribution in [0.5, 0.6) is 5.75 Å². The van der Waals surface area contributed by atoms with Crippen molar-refractivity contribution in [3.8, 4) is 5.75 Å². The average Bonchev–Trinajstić information content (AvgIpc) is 2.98. The number of rotatable bonds is 3. The molecule has 9 nitrogen and oxygen atoms in total. The lowest BCUT2D eigenvalue weighted by atomic mass is 10.1. The van der Waals surface area contributed by atoms with Gasteiger partial charge in [-0.15, -0.1) is 0 Å². The van der Waals surface area contributed by atoms with Gasteiger partial charge in [-0.1, -0.05) is 18.0 Å². The van der Waals surface area contributed by atoms with E-state index in [0.717, 1.165) is 25.3 Å². The zero-order valence-corrected chi connectivity index (χ0v) is 12.8. The molecule has 1 amide bonds. The van der Waals surface area contributed by atoms with Gasteiger partial charge in [0, 0.05) is 12.6 Å². The number of aromatic hydroxyl groups is 1. The molecule has 1 aliphatic rings. The zero-order chi connectivity index (χ0) is 17.1. The van der Waals surface area contributed by atoms with Gasteiger partial charge in [0.15, 0.2) is 5.82 Å². The number of amides is 1. The van der Waals surface area contributed by atoms with Crippen LogP contribution in [0.4, 0.5) is 5.69 Å². The minimum atomic E-state index is -0.623. The summed E-state index contributed by atoms with van der Waals surface area (Å²) < 4.78 is 4.78. The molecular weight excluding hydrogens is 316 g/mol. The molecule has 1 aliphatic heterocycles. The number of likely N-dealkylation sites (tertiary alicyclic amines) is 1. The van der Waals surface area contributed by atoms with Crippen LogP contribution in [0.2, 0.25) is 0 Å². The molecule has 0 aliphatic carbocycles. The summed E-state index contributed by atoms with van der Waals surface area (Å²) in [6, 6.07) is 3.12. The highest BCUT2D eigenvalue weighted by atomic mass is 16.6. The Labute approximate surface area is 137 Å². The Kier molecular flexibility index (Phi) is 4.41. The first kappa shape index (κ1) is 15.9. The Balaban J connectivity index is 1.92. The molecule has 1 aromatic carbocycles. The van der Waals surface area contributed by atoms with Gasteiger partial charge < -0.3 is 14.5 Å². The molecule has 3 rings (SSSR count). The Hall–Kier alpha value is -2.97. The summed E-state index contributed by atoms with van der Waals surface area (Å²) in [7, 11) is 0. The lowest BCUT2D eigenvalue weighted by molar-refractivity contribution is -0.384. The number of nitrogens with zero attached hydrogens (tertiary/aromatic N) is 4. The standard InChI is InChI=1S/C15H16N4O5/c20-13-8-10(19(22)23)5-6-11(13)15(21)18-7-3-1-2-4-12(18)14-16-9-24-17-14/h5-6,8-9,12,20H,1-4,7H2/t12-/m0/s1. The number of nitro groups is 1. The van der Waals surface area contributed by atoms with Crippen molar-refractivity contribution in [1.82, 2.24) is 15.0 Å². The number of phenolic OH excluding ortho intramolecular Hbond substituents is 1. The number of phenols is 1. The monoisotopic (exact) mass is 332 g/mol. The summed E-state index contributed by atoms with van der Waals surface area (Å²) in [5.41, 5.74) is -0.245. The smallest absolute Gasteiger partial charge is 0.273 e. The molecule has 1 aromatic heterocycles. The molecule has 2 heterocycles. The topological polar surface area (TPSA) is 123 Å². The van der Waals surface area contributed by atoms with E-state index in [1.54, 1.807) is 4.90 Å². The first-order valence-corrected chi connectivity index (χ1v) is 7.62. The number of nitro benzene ring substituents is 1. The van der Waals surface area contributed by atoms with Crippen LogP contribution >= 0.6 is 0 Å². The van der Waals surface area contributed by atoms with Gasteiger partial charge in [-0.3, -0.25) is 14.9 Å². The maximum absolute atomic E-state index is 12.9. The number of non-ortho nitro benzene ring substituents is 1. The van der Waals surface area contributed by atoms with Crippen molar-refractivity contribution in [2.75, 3.05) is 6.54 Å². The van der Waals surface area contributed by atoms with E-state index in [9.17, 15) is 20.0 Å². The van der Waals surface area contributed by atoms with Gasteiger partial charge in [-0.2, -0.15) is 4.98 Å². The average molecular weight is 332 g/mol. The second kappa shape index (κ2) is 6.65. The molecule has 1 N–H and O–H groups in total. The van der Waals surface area contributed by atoms with Crippen LogP contribution in [0.15, 0.2) is 29.1 Å². The second-order valence-corrected chi connectivity index (χ2v) is 5.61. The lowest BCUT2D eigenvalue weighted by Gasteiger charge is -2.28. The van der Waals surface area contributed by atoms with Gasteiger partial charge in [-0.05, 0) is 18.9 Å². The van der Waals surface area contributed by atoms with E-state index in [0.29, 0.717) is 18.8 Å². The van der Waals surface area contributed by atoms with Crippen LogP contribution in [0.3, 0.4) is 0 Å². The maximum atomic E-state index is 12.9. The van der Waals surface area contributed by atoms with E-state index >= 15 is 0 Å². The maximum Gasteiger partial charge on any atom is 0.273 e. The molecule has 0 unspecified atom stereocenters. The van der Waals surface area contributed by atoms with Crippen molar-refractivity contribution in [3.05, 3.63) is 46.1 Å². The number of hydrogen-bond donors (Lipinski definition) is 1. The molecular formula is C15H16N4O5. The molecule has 0 bridgehead atoms. The normalized spacial score (nSPS) is 18.2. The van der Waals surface area contributed by atoms with Gasteiger partial charge in [0.2, 0.25) is 6.39 Å². The van der Waals surface area contributed by atoms with Gasteiger partial charge in [0.1, 0.15) is 5.75 Å². The molecule has 126 valence electrons. The van der Waals surface area contributed by atoms with Gasteiger partial charge >= 0.3 is 0 Å². The highest BCUT2D eigenvalue weighted by molar-refractivity contribution is 5.97. The van der Waals surface area contributed by atoms with E-state index < -0.39 is 16.6 Å². The van der Waals surface area contributed by atoms with Gasteiger partial charge in [-0.25, -0.2) is 0 Å².